The number of nitrogens with one attached hydrogen (secondary N) is 1. The molecule has 7 heteroatoms. The van der Waals surface area contributed by atoms with Gasteiger partial charge in [0, 0.05) is 10.9 Å². The molecule has 0 aliphatic rings. The summed E-state index contributed by atoms with van der Waals surface area (Å²) in [4.78, 5) is 1.92. The van der Waals surface area contributed by atoms with Crippen LogP contribution < -0.4 is 0 Å². The zero-order valence-corrected chi connectivity index (χ0v) is 8.08. The van der Waals surface area contributed by atoms with Gasteiger partial charge in [-0.15, -0.1) is 0 Å². The second-order valence-corrected chi connectivity index (χ2v) is 3.48. The first-order valence-corrected chi connectivity index (χ1v) is 4.45. The van der Waals surface area contributed by atoms with Gasteiger partial charge in [0.1, 0.15) is 5.69 Å². The van der Waals surface area contributed by atoms with Crippen LogP contribution in [0.3, 0.4) is 0 Å². The maximum atomic E-state index is 12.3. The van der Waals surface area contributed by atoms with Crippen molar-refractivity contribution in [3.8, 4) is 0 Å². The highest BCUT2D eigenvalue weighted by Gasteiger charge is 2.34. The van der Waals surface area contributed by atoms with Gasteiger partial charge in [0.25, 0.3) is 0 Å². The Balaban J connectivity index is 2.56. The minimum Gasteiger partial charge on any atom is -0.351 e. The van der Waals surface area contributed by atoms with E-state index in [-0.39, 0.29) is 10.9 Å². The molecule has 0 unspecified atom stereocenters. The van der Waals surface area contributed by atoms with Gasteiger partial charge < -0.3 is 4.98 Å². The Hall–Kier alpha value is -1.66. The van der Waals surface area contributed by atoms with Crippen molar-refractivity contribution in [1.82, 2.24) is 4.98 Å². The lowest BCUT2D eigenvalue weighted by Crippen LogP contribution is -2.05. The second-order valence-electron chi connectivity index (χ2n) is 3.48. The monoisotopic (exact) mass is 253 g/mol. The van der Waals surface area contributed by atoms with E-state index in [1.807, 2.05) is 4.98 Å². The van der Waals surface area contributed by atoms with E-state index in [1.54, 1.807) is 0 Å². The number of fused-ring (bicyclic) bond motifs is 1. The van der Waals surface area contributed by atoms with Crippen molar-refractivity contribution in [2.45, 2.75) is 12.4 Å². The molecule has 1 heterocycles. The van der Waals surface area contributed by atoms with Gasteiger partial charge in [-0.3, -0.25) is 0 Å². The standard InChI is InChI=1S/C10H5F6N/c11-9(12,13)6-2-1-5-3-8(10(14,15)16)17-7(5)4-6/h1-4,17H. The van der Waals surface area contributed by atoms with Crippen LogP contribution in [0.5, 0.6) is 0 Å². The van der Waals surface area contributed by atoms with Crippen molar-refractivity contribution in [2.75, 3.05) is 0 Å². The predicted octanol–water partition coefficient (Wildman–Crippen LogP) is 4.21. The van der Waals surface area contributed by atoms with Gasteiger partial charge in [-0.2, -0.15) is 26.3 Å². The van der Waals surface area contributed by atoms with Crippen molar-refractivity contribution in [3.05, 3.63) is 35.5 Å². The maximum absolute atomic E-state index is 12.3. The number of aromatic nitrogens is 1. The number of H-pyrrole nitrogens is 1. The average molecular weight is 253 g/mol. The zero-order chi connectivity index (χ0) is 12.8. The number of hydrogen-bond donors (Lipinski definition) is 1. The van der Waals surface area contributed by atoms with Crippen molar-refractivity contribution >= 4 is 10.9 Å². The summed E-state index contributed by atoms with van der Waals surface area (Å²) >= 11 is 0. The summed E-state index contributed by atoms with van der Waals surface area (Å²) in [6.45, 7) is 0. The first kappa shape index (κ1) is 11.8. The SMILES string of the molecule is FC(F)(F)c1ccc2cc(C(F)(F)F)[nH]c2c1. The highest BCUT2D eigenvalue weighted by atomic mass is 19.4. The van der Waals surface area contributed by atoms with E-state index in [4.69, 9.17) is 0 Å². The van der Waals surface area contributed by atoms with Gasteiger partial charge in [0.15, 0.2) is 0 Å². The van der Waals surface area contributed by atoms with Crippen molar-refractivity contribution in [3.63, 3.8) is 0 Å². The lowest BCUT2D eigenvalue weighted by Gasteiger charge is -2.05. The summed E-state index contributed by atoms with van der Waals surface area (Å²) in [6, 6.07) is 3.18. The van der Waals surface area contributed by atoms with Gasteiger partial charge in [0.05, 0.1) is 5.56 Å². The van der Waals surface area contributed by atoms with Crippen molar-refractivity contribution in [2.24, 2.45) is 0 Å². The molecule has 0 saturated carbocycles. The molecule has 2 rings (SSSR count). The fourth-order valence-corrected chi connectivity index (χ4v) is 1.46. The van der Waals surface area contributed by atoms with E-state index in [2.05, 4.69) is 0 Å². The van der Waals surface area contributed by atoms with Gasteiger partial charge in [-0.05, 0) is 18.2 Å². The summed E-state index contributed by atoms with van der Waals surface area (Å²) in [6.07, 6.45) is -9.17. The number of benzene rings is 1. The van der Waals surface area contributed by atoms with Gasteiger partial charge in [-0.1, -0.05) is 6.07 Å². The summed E-state index contributed by atoms with van der Waals surface area (Å²) < 4.78 is 73.9. The van der Waals surface area contributed by atoms with Crippen LogP contribution in [-0.4, -0.2) is 4.98 Å². The molecule has 0 amide bonds. The van der Waals surface area contributed by atoms with E-state index in [1.165, 1.54) is 0 Å². The Labute approximate surface area is 91.0 Å². The average Bonchev–Trinajstić information content (AvgIpc) is 2.57. The third-order valence-electron chi connectivity index (χ3n) is 2.26. The number of alkyl halides is 6. The molecular formula is C10H5F6N. The Morgan fingerprint density at radius 1 is 0.824 bits per heavy atom. The Bertz CT molecular complexity index is 536. The molecule has 0 bridgehead atoms. The van der Waals surface area contributed by atoms with Crippen LogP contribution in [0.2, 0.25) is 0 Å². The van der Waals surface area contributed by atoms with Gasteiger partial charge in [-0.25, -0.2) is 0 Å². The van der Waals surface area contributed by atoms with E-state index >= 15 is 0 Å². The van der Waals surface area contributed by atoms with E-state index < -0.39 is 23.6 Å². The summed E-state index contributed by atoms with van der Waals surface area (Å²) in [5.74, 6) is 0. The molecule has 0 saturated heterocycles. The van der Waals surface area contributed by atoms with Crippen LogP contribution in [0.4, 0.5) is 26.3 Å². The molecule has 17 heavy (non-hydrogen) atoms. The van der Waals surface area contributed by atoms with Gasteiger partial charge >= 0.3 is 12.4 Å². The summed E-state index contributed by atoms with van der Waals surface area (Å²) in [7, 11) is 0. The molecule has 92 valence electrons. The van der Waals surface area contributed by atoms with Gasteiger partial charge in [0.2, 0.25) is 0 Å². The van der Waals surface area contributed by atoms with Crippen LogP contribution in [0.1, 0.15) is 11.3 Å². The normalized spacial score (nSPS) is 13.3. The topological polar surface area (TPSA) is 15.8 Å². The highest BCUT2D eigenvalue weighted by molar-refractivity contribution is 5.81. The summed E-state index contributed by atoms with van der Waals surface area (Å²) in [5, 5.41) is 0.0883. The molecule has 1 aromatic carbocycles. The maximum Gasteiger partial charge on any atom is 0.431 e. The molecule has 0 atom stereocenters. The second kappa shape index (κ2) is 3.41. The molecule has 1 N–H and O–H groups in total. The number of hydrogen-bond acceptors (Lipinski definition) is 0. The lowest BCUT2D eigenvalue weighted by atomic mass is 10.1. The van der Waals surface area contributed by atoms with Crippen molar-refractivity contribution < 1.29 is 26.3 Å². The minimum absolute atomic E-state index is 0.0883. The Kier molecular flexibility index (Phi) is 2.37. The number of halogens is 6. The highest BCUT2D eigenvalue weighted by Crippen LogP contribution is 2.34. The Morgan fingerprint density at radius 2 is 1.47 bits per heavy atom. The fourth-order valence-electron chi connectivity index (χ4n) is 1.46. The molecular weight excluding hydrogens is 248 g/mol. The molecule has 0 spiro atoms. The Morgan fingerprint density at radius 3 is 2.00 bits per heavy atom. The van der Waals surface area contributed by atoms with Crippen LogP contribution >= 0.6 is 0 Å². The molecule has 0 radical (unpaired) electrons. The first-order valence-electron chi connectivity index (χ1n) is 4.45. The van der Waals surface area contributed by atoms with Crippen molar-refractivity contribution in [1.29, 1.82) is 0 Å². The van der Waals surface area contributed by atoms with E-state index in [9.17, 15) is 26.3 Å². The molecule has 1 nitrogen and oxygen atoms in total. The first-order chi connectivity index (χ1) is 7.68. The smallest absolute Gasteiger partial charge is 0.351 e. The van der Waals surface area contributed by atoms with Crippen LogP contribution in [0, 0.1) is 0 Å². The third-order valence-corrected chi connectivity index (χ3v) is 2.26. The third kappa shape index (κ3) is 2.22. The fraction of sp³-hybridized carbons (Fsp3) is 0.200. The number of aromatic amines is 1. The lowest BCUT2D eigenvalue weighted by molar-refractivity contribution is -0.140. The largest absolute Gasteiger partial charge is 0.431 e. The molecule has 0 fully saturated rings. The quantitative estimate of drug-likeness (QED) is 0.677. The molecule has 0 aliphatic carbocycles. The van der Waals surface area contributed by atoms with E-state index in [0.717, 1.165) is 18.2 Å². The zero-order valence-electron chi connectivity index (χ0n) is 8.08. The molecule has 2 aromatic rings. The van der Waals surface area contributed by atoms with Crippen LogP contribution in [-0.2, 0) is 12.4 Å². The van der Waals surface area contributed by atoms with E-state index in [0.29, 0.717) is 6.07 Å². The molecule has 1 aromatic heterocycles. The molecule has 0 aliphatic heterocycles. The predicted molar refractivity (Wildman–Crippen MR) is 48.3 cm³/mol. The number of rotatable bonds is 0. The summed E-state index contributed by atoms with van der Waals surface area (Å²) in [5.41, 5.74) is -2.24. The van der Waals surface area contributed by atoms with Crippen LogP contribution in [0.25, 0.3) is 10.9 Å². The van der Waals surface area contributed by atoms with Crippen LogP contribution in [0.15, 0.2) is 24.3 Å². The minimum atomic E-state index is -4.60.